The van der Waals surface area contributed by atoms with E-state index in [9.17, 15) is 10.2 Å². The first-order chi connectivity index (χ1) is 12.2. The number of rotatable bonds is 7. The van der Waals surface area contributed by atoms with E-state index in [0.717, 1.165) is 71.1 Å². The van der Waals surface area contributed by atoms with Crippen LogP contribution in [0.5, 0.6) is 0 Å². The quantitative estimate of drug-likeness (QED) is 0.724. The lowest BCUT2D eigenvalue weighted by molar-refractivity contribution is 0.000288. The zero-order chi connectivity index (χ0) is 17.5. The third-order valence-electron chi connectivity index (χ3n) is 5.12. The van der Waals surface area contributed by atoms with Crippen molar-refractivity contribution in [1.82, 2.24) is 14.7 Å². The van der Waals surface area contributed by atoms with Crippen LogP contribution < -0.4 is 0 Å². The van der Waals surface area contributed by atoms with E-state index in [1.165, 1.54) is 0 Å². The van der Waals surface area contributed by atoms with E-state index >= 15 is 0 Å². The van der Waals surface area contributed by atoms with Crippen molar-refractivity contribution in [2.45, 2.75) is 12.2 Å². The second-order valence-corrected chi connectivity index (χ2v) is 7.09. The number of piperazine rings is 1. The first-order valence-corrected chi connectivity index (χ1v) is 9.36. The van der Waals surface area contributed by atoms with Gasteiger partial charge >= 0.3 is 0 Å². The smallest absolute Gasteiger partial charge is 0.0916 e. The van der Waals surface area contributed by atoms with E-state index in [4.69, 9.17) is 4.74 Å². The Morgan fingerprint density at radius 2 is 1.28 bits per heavy atom. The summed E-state index contributed by atoms with van der Waals surface area (Å²) < 4.78 is 5.35. The van der Waals surface area contributed by atoms with E-state index in [1.54, 1.807) is 0 Å². The van der Waals surface area contributed by atoms with Crippen LogP contribution in [0.4, 0.5) is 0 Å². The van der Waals surface area contributed by atoms with Gasteiger partial charge in [-0.15, -0.1) is 0 Å². The summed E-state index contributed by atoms with van der Waals surface area (Å²) in [5.74, 6) is 0. The first-order valence-electron chi connectivity index (χ1n) is 9.36. The molecule has 1 aromatic rings. The van der Waals surface area contributed by atoms with Gasteiger partial charge in [-0.25, -0.2) is 0 Å². The minimum Gasteiger partial charge on any atom is -0.390 e. The third-order valence-corrected chi connectivity index (χ3v) is 5.12. The van der Waals surface area contributed by atoms with E-state index in [2.05, 4.69) is 14.7 Å². The SMILES string of the molecule is OC(CN1CCOCC1)CN1CCN(CC(O)c2ccccc2)CC1. The molecule has 0 saturated carbocycles. The fourth-order valence-corrected chi connectivity index (χ4v) is 3.62. The van der Waals surface area contributed by atoms with Crippen molar-refractivity contribution in [2.24, 2.45) is 0 Å². The summed E-state index contributed by atoms with van der Waals surface area (Å²) in [7, 11) is 0. The van der Waals surface area contributed by atoms with Crippen molar-refractivity contribution in [1.29, 1.82) is 0 Å². The number of hydrogen-bond donors (Lipinski definition) is 2. The standard InChI is InChI=1S/C19H31N3O3/c23-18(15-22-10-12-25-13-11-22)14-20-6-8-21(9-7-20)16-19(24)17-4-2-1-3-5-17/h1-5,18-19,23-24H,6-16H2. The Morgan fingerprint density at radius 3 is 1.88 bits per heavy atom. The van der Waals surface area contributed by atoms with Crippen molar-refractivity contribution in [3.63, 3.8) is 0 Å². The first kappa shape index (κ1) is 18.8. The van der Waals surface area contributed by atoms with Gasteiger partial charge in [-0.05, 0) is 5.56 Å². The molecule has 2 fully saturated rings. The van der Waals surface area contributed by atoms with Gasteiger partial charge in [-0.3, -0.25) is 14.7 Å². The largest absolute Gasteiger partial charge is 0.390 e. The van der Waals surface area contributed by atoms with Crippen molar-refractivity contribution in [3.8, 4) is 0 Å². The number of aliphatic hydroxyl groups excluding tert-OH is 2. The molecule has 140 valence electrons. The molecule has 1 aromatic carbocycles. The third kappa shape index (κ3) is 6.02. The minimum absolute atomic E-state index is 0.306. The molecule has 2 aliphatic heterocycles. The Hall–Kier alpha value is -1.02. The molecule has 0 spiro atoms. The highest BCUT2D eigenvalue weighted by molar-refractivity contribution is 5.17. The lowest BCUT2D eigenvalue weighted by Gasteiger charge is -2.37. The molecule has 2 atom stereocenters. The fourth-order valence-electron chi connectivity index (χ4n) is 3.62. The summed E-state index contributed by atoms with van der Waals surface area (Å²) in [4.78, 5) is 6.92. The Kier molecular flexibility index (Phi) is 7.22. The van der Waals surface area contributed by atoms with Crippen molar-refractivity contribution >= 4 is 0 Å². The molecule has 0 aliphatic carbocycles. The second-order valence-electron chi connectivity index (χ2n) is 7.09. The molecular formula is C19H31N3O3. The summed E-state index contributed by atoms with van der Waals surface area (Å²) in [6, 6.07) is 9.85. The van der Waals surface area contributed by atoms with Gasteiger partial charge in [0.1, 0.15) is 0 Å². The molecule has 6 heteroatoms. The van der Waals surface area contributed by atoms with Crippen LogP contribution in [0.1, 0.15) is 11.7 Å². The summed E-state index contributed by atoms with van der Waals surface area (Å²) in [6.45, 7) is 9.29. The van der Waals surface area contributed by atoms with E-state index in [-0.39, 0.29) is 6.10 Å². The molecule has 0 radical (unpaired) electrons. The van der Waals surface area contributed by atoms with E-state index in [1.807, 2.05) is 30.3 Å². The molecule has 25 heavy (non-hydrogen) atoms. The summed E-state index contributed by atoms with van der Waals surface area (Å²) in [5.41, 5.74) is 0.978. The van der Waals surface area contributed by atoms with Crippen LogP contribution in [0.2, 0.25) is 0 Å². The lowest BCUT2D eigenvalue weighted by atomic mass is 10.1. The lowest BCUT2D eigenvalue weighted by Crippen LogP contribution is -2.51. The number of benzene rings is 1. The molecule has 0 bridgehead atoms. The number of aliphatic hydroxyl groups is 2. The van der Waals surface area contributed by atoms with Gasteiger partial charge in [0.05, 0.1) is 25.4 Å². The van der Waals surface area contributed by atoms with Crippen LogP contribution in [0, 0.1) is 0 Å². The maximum absolute atomic E-state index is 10.4. The molecule has 0 amide bonds. The van der Waals surface area contributed by atoms with Crippen LogP contribution in [0.15, 0.2) is 30.3 Å². The predicted molar refractivity (Wildman–Crippen MR) is 97.5 cm³/mol. The van der Waals surface area contributed by atoms with Gasteiger partial charge in [-0.2, -0.15) is 0 Å². The minimum atomic E-state index is -0.431. The molecule has 2 heterocycles. The van der Waals surface area contributed by atoms with Crippen LogP contribution in [0.3, 0.4) is 0 Å². The van der Waals surface area contributed by atoms with Gasteiger partial charge in [0.2, 0.25) is 0 Å². The van der Waals surface area contributed by atoms with Crippen LogP contribution in [-0.4, -0.2) is 103 Å². The average Bonchev–Trinajstić information content (AvgIpc) is 2.65. The molecule has 0 aromatic heterocycles. The van der Waals surface area contributed by atoms with E-state index < -0.39 is 6.10 Å². The zero-order valence-corrected chi connectivity index (χ0v) is 15.0. The highest BCUT2D eigenvalue weighted by Gasteiger charge is 2.22. The van der Waals surface area contributed by atoms with Crippen LogP contribution in [-0.2, 0) is 4.74 Å². The summed E-state index contributed by atoms with van der Waals surface area (Å²) in [5, 5.41) is 20.7. The van der Waals surface area contributed by atoms with Gasteiger partial charge in [0, 0.05) is 58.9 Å². The molecule has 2 saturated heterocycles. The maximum atomic E-state index is 10.4. The Labute approximate surface area is 150 Å². The fraction of sp³-hybridized carbons (Fsp3) is 0.684. The highest BCUT2D eigenvalue weighted by atomic mass is 16.5. The average molecular weight is 349 g/mol. The Morgan fingerprint density at radius 1 is 0.760 bits per heavy atom. The second kappa shape index (κ2) is 9.62. The molecule has 2 unspecified atom stereocenters. The predicted octanol–water partition coefficient (Wildman–Crippen LogP) is 0.0307. The van der Waals surface area contributed by atoms with E-state index in [0.29, 0.717) is 6.54 Å². The monoisotopic (exact) mass is 349 g/mol. The highest BCUT2D eigenvalue weighted by Crippen LogP contribution is 2.15. The van der Waals surface area contributed by atoms with Gasteiger partial charge in [-0.1, -0.05) is 30.3 Å². The molecule has 3 rings (SSSR count). The van der Waals surface area contributed by atoms with Crippen molar-refractivity contribution in [2.75, 3.05) is 72.1 Å². The van der Waals surface area contributed by atoms with Crippen molar-refractivity contribution in [3.05, 3.63) is 35.9 Å². The Balaban J connectivity index is 1.35. The van der Waals surface area contributed by atoms with Crippen molar-refractivity contribution < 1.29 is 14.9 Å². The van der Waals surface area contributed by atoms with Crippen LogP contribution >= 0.6 is 0 Å². The normalized spacial score (nSPS) is 23.4. The maximum Gasteiger partial charge on any atom is 0.0916 e. The number of morpholine rings is 1. The van der Waals surface area contributed by atoms with Gasteiger partial charge < -0.3 is 14.9 Å². The van der Waals surface area contributed by atoms with Crippen LogP contribution in [0.25, 0.3) is 0 Å². The topological polar surface area (TPSA) is 59.4 Å². The molecule has 6 nitrogen and oxygen atoms in total. The molecule has 2 N–H and O–H groups in total. The number of nitrogens with zero attached hydrogens (tertiary/aromatic N) is 3. The Bertz CT molecular complexity index is 488. The van der Waals surface area contributed by atoms with Gasteiger partial charge in [0.25, 0.3) is 0 Å². The zero-order valence-electron chi connectivity index (χ0n) is 15.0. The number of β-amino-alcohol motifs (C(OH)–C–C–N with tert-alkyl or cyclic N) is 2. The molecule has 2 aliphatic rings. The summed E-state index contributed by atoms with van der Waals surface area (Å²) >= 11 is 0. The number of ether oxygens (including phenoxy) is 1. The number of hydrogen-bond acceptors (Lipinski definition) is 6. The van der Waals surface area contributed by atoms with Gasteiger partial charge in [0.15, 0.2) is 0 Å². The molecular weight excluding hydrogens is 318 g/mol. The summed E-state index contributed by atoms with van der Waals surface area (Å²) in [6.07, 6.45) is -0.737.